The summed E-state index contributed by atoms with van der Waals surface area (Å²) in [5.74, 6) is 1.08. The van der Waals surface area contributed by atoms with E-state index in [2.05, 4.69) is 5.32 Å². The number of fused-ring (bicyclic) bond motifs is 1. The molecule has 1 fully saturated rings. The molecule has 2 aliphatic heterocycles. The molecule has 4 rings (SSSR count). The van der Waals surface area contributed by atoms with Crippen LogP contribution in [0.2, 0.25) is 0 Å². The minimum absolute atomic E-state index is 0.0635. The summed E-state index contributed by atoms with van der Waals surface area (Å²) in [6, 6.07) is 13.2. The molecular formula is C22H25N3O4. The zero-order valence-corrected chi connectivity index (χ0v) is 16.7. The predicted molar refractivity (Wildman–Crippen MR) is 110 cm³/mol. The van der Waals surface area contributed by atoms with Gasteiger partial charge in [0.05, 0.1) is 25.5 Å². The maximum atomic E-state index is 13.0. The van der Waals surface area contributed by atoms with Crippen LogP contribution >= 0.6 is 0 Å². The van der Waals surface area contributed by atoms with Crippen LogP contribution in [0.5, 0.6) is 11.5 Å². The molecule has 1 saturated heterocycles. The lowest BCUT2D eigenvalue weighted by atomic mass is 9.99. The smallest absolute Gasteiger partial charge is 0.322 e. The molecule has 2 aromatic rings. The fourth-order valence-corrected chi connectivity index (χ4v) is 4.10. The summed E-state index contributed by atoms with van der Waals surface area (Å²) >= 11 is 0. The third-order valence-electron chi connectivity index (χ3n) is 5.66. The third-order valence-corrected chi connectivity index (χ3v) is 5.66. The van der Waals surface area contributed by atoms with Crippen LogP contribution in [-0.2, 0) is 6.54 Å². The van der Waals surface area contributed by atoms with E-state index in [1.54, 1.807) is 32.4 Å². The molecule has 152 valence electrons. The van der Waals surface area contributed by atoms with Crippen LogP contribution < -0.4 is 19.7 Å². The Hall–Kier alpha value is -3.22. The number of nitrogens with one attached hydrogen (secondary N) is 1. The van der Waals surface area contributed by atoms with Gasteiger partial charge in [0.15, 0.2) is 0 Å². The molecule has 0 atom stereocenters. The lowest BCUT2D eigenvalue weighted by Crippen LogP contribution is -2.54. The van der Waals surface area contributed by atoms with Gasteiger partial charge < -0.3 is 19.7 Å². The fraction of sp³-hybridized carbons (Fsp3) is 0.364. The minimum atomic E-state index is -0.0645. The third kappa shape index (κ3) is 3.60. The number of rotatable bonds is 4. The summed E-state index contributed by atoms with van der Waals surface area (Å²) in [6.07, 6.45) is 1.46. The molecule has 0 aromatic heterocycles. The van der Waals surface area contributed by atoms with Gasteiger partial charge in [0.1, 0.15) is 11.5 Å². The molecule has 0 radical (unpaired) electrons. The maximum absolute atomic E-state index is 13.0. The Morgan fingerprint density at radius 3 is 2.55 bits per heavy atom. The van der Waals surface area contributed by atoms with Crippen molar-refractivity contribution in [3.05, 3.63) is 53.6 Å². The highest BCUT2D eigenvalue weighted by Crippen LogP contribution is 2.31. The quantitative estimate of drug-likeness (QED) is 0.864. The van der Waals surface area contributed by atoms with Crippen LogP contribution in [0.3, 0.4) is 0 Å². The van der Waals surface area contributed by atoms with E-state index in [0.717, 1.165) is 24.1 Å². The molecular weight excluding hydrogens is 370 g/mol. The summed E-state index contributed by atoms with van der Waals surface area (Å²) in [7, 11) is 3.13. The summed E-state index contributed by atoms with van der Waals surface area (Å²) in [5, 5.41) is 2.95. The van der Waals surface area contributed by atoms with Crippen molar-refractivity contribution in [1.82, 2.24) is 10.2 Å². The van der Waals surface area contributed by atoms with E-state index < -0.39 is 0 Å². The van der Waals surface area contributed by atoms with Gasteiger partial charge in [-0.3, -0.25) is 9.69 Å². The van der Waals surface area contributed by atoms with Crippen LogP contribution in [0.1, 0.15) is 28.8 Å². The first kappa shape index (κ1) is 19.1. The number of hydrogen-bond acceptors (Lipinski definition) is 4. The van der Waals surface area contributed by atoms with Gasteiger partial charge in [-0.2, -0.15) is 0 Å². The molecule has 29 heavy (non-hydrogen) atoms. The molecule has 2 heterocycles. The van der Waals surface area contributed by atoms with Crippen LogP contribution in [0, 0.1) is 0 Å². The number of para-hydroxylation sites is 1. The van der Waals surface area contributed by atoms with Crippen LogP contribution in [0.4, 0.5) is 10.5 Å². The van der Waals surface area contributed by atoms with Gasteiger partial charge in [-0.05, 0) is 36.6 Å². The summed E-state index contributed by atoms with van der Waals surface area (Å²) in [5.41, 5.74) is 2.61. The van der Waals surface area contributed by atoms with Crippen molar-refractivity contribution >= 4 is 17.6 Å². The second-order valence-electron chi connectivity index (χ2n) is 7.25. The average molecular weight is 395 g/mol. The number of carbonyl (C=O) groups is 2. The van der Waals surface area contributed by atoms with E-state index in [-0.39, 0.29) is 18.0 Å². The van der Waals surface area contributed by atoms with Crippen molar-refractivity contribution in [1.29, 1.82) is 0 Å². The molecule has 0 unspecified atom stereocenters. The van der Waals surface area contributed by atoms with Crippen molar-refractivity contribution in [3.63, 3.8) is 0 Å². The number of likely N-dealkylation sites (tertiary alicyclic amines) is 1. The number of benzene rings is 2. The summed E-state index contributed by atoms with van der Waals surface area (Å²) in [4.78, 5) is 29.3. The number of carbonyl (C=O) groups excluding carboxylic acids is 2. The first-order valence-electron chi connectivity index (χ1n) is 9.78. The van der Waals surface area contributed by atoms with Gasteiger partial charge in [-0.1, -0.05) is 18.2 Å². The second kappa shape index (κ2) is 8.03. The SMILES string of the molecule is COc1ccc(C(=O)N2CCC(N3C(=O)NCc4ccccc43)CC2)c(OC)c1. The molecule has 3 amide bonds. The lowest BCUT2D eigenvalue weighted by molar-refractivity contribution is 0.0710. The maximum Gasteiger partial charge on any atom is 0.322 e. The van der Waals surface area contributed by atoms with E-state index in [1.807, 2.05) is 34.1 Å². The molecule has 2 aromatic carbocycles. The van der Waals surface area contributed by atoms with Gasteiger partial charge in [-0.15, -0.1) is 0 Å². The fourth-order valence-electron chi connectivity index (χ4n) is 4.10. The second-order valence-corrected chi connectivity index (χ2v) is 7.25. The van der Waals surface area contributed by atoms with Crippen LogP contribution in [0.25, 0.3) is 0 Å². The highest BCUT2D eigenvalue weighted by atomic mass is 16.5. The van der Waals surface area contributed by atoms with Crippen molar-refractivity contribution < 1.29 is 19.1 Å². The number of piperidine rings is 1. The van der Waals surface area contributed by atoms with Crippen molar-refractivity contribution in [2.75, 3.05) is 32.2 Å². The topological polar surface area (TPSA) is 71.1 Å². The number of amides is 3. The van der Waals surface area contributed by atoms with Gasteiger partial charge in [0, 0.05) is 31.7 Å². The Kier molecular flexibility index (Phi) is 5.29. The molecule has 7 nitrogen and oxygen atoms in total. The number of hydrogen-bond donors (Lipinski definition) is 1. The molecule has 0 aliphatic carbocycles. The monoisotopic (exact) mass is 395 g/mol. The largest absolute Gasteiger partial charge is 0.497 e. The molecule has 0 bridgehead atoms. The average Bonchev–Trinajstić information content (AvgIpc) is 2.78. The van der Waals surface area contributed by atoms with E-state index in [0.29, 0.717) is 36.7 Å². The van der Waals surface area contributed by atoms with E-state index in [9.17, 15) is 9.59 Å². The van der Waals surface area contributed by atoms with Crippen molar-refractivity contribution in [2.45, 2.75) is 25.4 Å². The molecule has 7 heteroatoms. The van der Waals surface area contributed by atoms with Crippen LogP contribution in [-0.4, -0.2) is 50.2 Å². The summed E-state index contributed by atoms with van der Waals surface area (Å²) < 4.78 is 10.6. The van der Waals surface area contributed by atoms with Gasteiger partial charge in [0.25, 0.3) is 5.91 Å². The Labute approximate surface area is 170 Å². The van der Waals surface area contributed by atoms with Crippen molar-refractivity contribution in [2.24, 2.45) is 0 Å². The number of nitrogens with zero attached hydrogens (tertiary/aromatic N) is 2. The summed E-state index contributed by atoms with van der Waals surface area (Å²) in [6.45, 7) is 1.73. The number of methoxy groups -OCH3 is 2. The number of anilines is 1. The highest BCUT2D eigenvalue weighted by Gasteiger charge is 2.34. The van der Waals surface area contributed by atoms with E-state index in [4.69, 9.17) is 9.47 Å². The van der Waals surface area contributed by atoms with E-state index in [1.165, 1.54) is 0 Å². The first-order valence-corrected chi connectivity index (χ1v) is 9.78. The van der Waals surface area contributed by atoms with E-state index >= 15 is 0 Å². The Morgan fingerprint density at radius 1 is 1.07 bits per heavy atom. The van der Waals surface area contributed by atoms with Gasteiger partial charge in [-0.25, -0.2) is 4.79 Å². The Morgan fingerprint density at radius 2 is 1.83 bits per heavy atom. The molecule has 0 spiro atoms. The molecule has 2 aliphatic rings. The number of urea groups is 1. The Balaban J connectivity index is 1.48. The standard InChI is InChI=1S/C22H25N3O4/c1-28-17-7-8-18(20(13-17)29-2)21(26)24-11-9-16(10-12-24)25-19-6-4-3-5-15(19)14-23-22(25)27/h3-8,13,16H,9-12,14H2,1-2H3,(H,23,27). The normalized spacial score (nSPS) is 16.8. The predicted octanol–water partition coefficient (Wildman–Crippen LogP) is 3.04. The first-order chi connectivity index (χ1) is 14.1. The van der Waals surface area contributed by atoms with Gasteiger partial charge in [0.2, 0.25) is 0 Å². The zero-order valence-electron chi connectivity index (χ0n) is 16.7. The van der Waals surface area contributed by atoms with Crippen molar-refractivity contribution in [3.8, 4) is 11.5 Å². The minimum Gasteiger partial charge on any atom is -0.497 e. The highest BCUT2D eigenvalue weighted by molar-refractivity contribution is 5.98. The molecule has 0 saturated carbocycles. The zero-order chi connectivity index (χ0) is 20.4. The molecule has 1 N–H and O–H groups in total. The lowest BCUT2D eigenvalue weighted by Gasteiger charge is -2.41. The number of ether oxygens (including phenoxy) is 2. The van der Waals surface area contributed by atoms with Gasteiger partial charge >= 0.3 is 6.03 Å². The Bertz CT molecular complexity index is 922. The van der Waals surface area contributed by atoms with Crippen LogP contribution in [0.15, 0.2) is 42.5 Å².